The van der Waals surface area contributed by atoms with Crippen molar-refractivity contribution in [1.82, 2.24) is 9.97 Å². The lowest BCUT2D eigenvalue weighted by Gasteiger charge is -2.38. The highest BCUT2D eigenvalue weighted by molar-refractivity contribution is 7.98. The van der Waals surface area contributed by atoms with Crippen LogP contribution in [0.25, 0.3) is 0 Å². The van der Waals surface area contributed by atoms with E-state index < -0.39 is 5.92 Å². The first-order chi connectivity index (χ1) is 17.3. The van der Waals surface area contributed by atoms with Crippen LogP contribution in [0, 0.1) is 5.41 Å². The van der Waals surface area contributed by atoms with E-state index in [1.165, 1.54) is 11.8 Å². The van der Waals surface area contributed by atoms with Gasteiger partial charge in [0.1, 0.15) is 11.6 Å². The molecule has 0 amide bonds. The van der Waals surface area contributed by atoms with Gasteiger partial charge in [0.25, 0.3) is 5.56 Å². The van der Waals surface area contributed by atoms with Gasteiger partial charge in [0.05, 0.1) is 12.2 Å². The van der Waals surface area contributed by atoms with Crippen molar-refractivity contribution >= 4 is 35.0 Å². The van der Waals surface area contributed by atoms with Gasteiger partial charge in [-0.15, -0.1) is 0 Å². The second-order valence-electron chi connectivity index (χ2n) is 9.91. The highest BCUT2D eigenvalue weighted by Crippen LogP contribution is 2.47. The van der Waals surface area contributed by atoms with E-state index in [-0.39, 0.29) is 16.8 Å². The van der Waals surface area contributed by atoms with Crippen molar-refractivity contribution in [3.05, 3.63) is 91.9 Å². The van der Waals surface area contributed by atoms with Crippen molar-refractivity contribution < 1.29 is 9.53 Å². The number of hydrogen-bond acceptors (Lipinski definition) is 6. The number of anilines is 1. The Bertz CT molecular complexity index is 1410. The van der Waals surface area contributed by atoms with Crippen molar-refractivity contribution in [2.24, 2.45) is 5.41 Å². The monoisotopic (exact) mass is 521 g/mol. The summed E-state index contributed by atoms with van der Waals surface area (Å²) in [7, 11) is 0. The Morgan fingerprint density at radius 3 is 2.58 bits per heavy atom. The molecule has 1 aliphatic heterocycles. The lowest BCUT2D eigenvalue weighted by molar-refractivity contribution is -0.118. The number of halogens is 1. The molecule has 0 saturated carbocycles. The molecule has 0 spiro atoms. The van der Waals surface area contributed by atoms with Crippen LogP contribution in [0.1, 0.15) is 56.2 Å². The van der Waals surface area contributed by atoms with E-state index in [0.717, 1.165) is 22.6 Å². The summed E-state index contributed by atoms with van der Waals surface area (Å²) >= 11 is 7.72. The number of carbonyl (C=O) groups is 1. The van der Waals surface area contributed by atoms with Gasteiger partial charge in [0, 0.05) is 34.4 Å². The highest BCUT2D eigenvalue weighted by Gasteiger charge is 2.42. The Morgan fingerprint density at radius 1 is 1.11 bits per heavy atom. The maximum Gasteiger partial charge on any atom is 0.257 e. The molecule has 1 aromatic heterocycles. The summed E-state index contributed by atoms with van der Waals surface area (Å²) in [6, 6.07) is 15.3. The molecule has 186 valence electrons. The molecule has 6 nitrogen and oxygen atoms in total. The average molecular weight is 522 g/mol. The third-order valence-electron chi connectivity index (χ3n) is 6.55. The fourth-order valence-corrected chi connectivity index (χ4v) is 6.13. The van der Waals surface area contributed by atoms with Crippen LogP contribution in [0.4, 0.5) is 5.82 Å². The number of rotatable bonds is 6. The summed E-state index contributed by atoms with van der Waals surface area (Å²) in [5, 5.41) is 4.55. The third-order valence-corrected chi connectivity index (χ3v) is 7.84. The van der Waals surface area contributed by atoms with Crippen LogP contribution in [0.3, 0.4) is 0 Å². The molecule has 0 fully saturated rings. The lowest BCUT2D eigenvalue weighted by atomic mass is 9.69. The van der Waals surface area contributed by atoms with Crippen molar-refractivity contribution in [2.45, 2.75) is 50.4 Å². The molecule has 0 bridgehead atoms. The molecule has 1 aliphatic carbocycles. The maximum atomic E-state index is 13.5. The third kappa shape index (κ3) is 4.82. The lowest BCUT2D eigenvalue weighted by Crippen LogP contribution is -2.37. The van der Waals surface area contributed by atoms with Crippen LogP contribution >= 0.6 is 23.4 Å². The number of allylic oxidation sites excluding steroid dienone is 2. The number of hydrogen-bond donors (Lipinski definition) is 2. The van der Waals surface area contributed by atoms with Gasteiger partial charge in [-0.25, -0.2) is 4.98 Å². The van der Waals surface area contributed by atoms with Gasteiger partial charge in [0.15, 0.2) is 10.9 Å². The van der Waals surface area contributed by atoms with E-state index in [1.807, 2.05) is 55.5 Å². The zero-order valence-corrected chi connectivity index (χ0v) is 22.1. The number of carbonyl (C=O) groups excluding carboxylic acids is 1. The van der Waals surface area contributed by atoms with Crippen molar-refractivity contribution in [3.8, 4) is 5.75 Å². The minimum atomic E-state index is -0.491. The Balaban J connectivity index is 1.57. The van der Waals surface area contributed by atoms with Gasteiger partial charge >= 0.3 is 0 Å². The molecule has 3 aromatic rings. The summed E-state index contributed by atoms with van der Waals surface area (Å²) in [5.41, 5.74) is 3.38. The number of Topliss-reactive ketones (excluding diaryl/α,β-unsaturated/α-hetero) is 1. The minimum absolute atomic E-state index is 0.0647. The van der Waals surface area contributed by atoms with E-state index in [0.29, 0.717) is 52.3 Å². The fraction of sp³-hybridized carbons (Fsp3) is 0.321. The van der Waals surface area contributed by atoms with Gasteiger partial charge in [-0.3, -0.25) is 9.59 Å². The first-order valence-electron chi connectivity index (χ1n) is 12.0. The predicted octanol–water partition coefficient (Wildman–Crippen LogP) is 6.31. The van der Waals surface area contributed by atoms with Crippen LogP contribution in [-0.2, 0) is 10.5 Å². The predicted molar refractivity (Wildman–Crippen MR) is 144 cm³/mol. The Morgan fingerprint density at radius 2 is 1.86 bits per heavy atom. The second-order valence-corrected chi connectivity index (χ2v) is 11.3. The normalized spacial score (nSPS) is 18.3. The Kier molecular flexibility index (Phi) is 6.70. The van der Waals surface area contributed by atoms with E-state index in [1.54, 1.807) is 0 Å². The van der Waals surface area contributed by atoms with Gasteiger partial charge < -0.3 is 15.0 Å². The number of thioether (sulfide) groups is 1. The molecule has 1 unspecified atom stereocenters. The molecule has 8 heteroatoms. The van der Waals surface area contributed by atoms with E-state index in [9.17, 15) is 9.59 Å². The number of fused-ring (bicyclic) bond motifs is 1. The molecular formula is C28H28ClN3O3S. The van der Waals surface area contributed by atoms with Gasteiger partial charge in [0.2, 0.25) is 0 Å². The number of nitrogens with zero attached hydrogens (tertiary/aromatic N) is 1. The summed E-state index contributed by atoms with van der Waals surface area (Å²) in [6.07, 6.45) is 1.14. The number of nitrogens with one attached hydrogen (secondary N) is 2. The number of ether oxygens (including phenoxy) is 1. The summed E-state index contributed by atoms with van der Waals surface area (Å²) in [5.74, 6) is 1.40. The van der Waals surface area contributed by atoms with E-state index >= 15 is 0 Å². The molecule has 2 aromatic carbocycles. The zero-order chi connectivity index (χ0) is 25.4. The van der Waals surface area contributed by atoms with Crippen LogP contribution < -0.4 is 15.6 Å². The number of benzene rings is 2. The van der Waals surface area contributed by atoms with Crippen LogP contribution in [0.5, 0.6) is 5.75 Å². The Labute approximate surface area is 219 Å². The SMILES string of the molecule is CCOc1ccc(C2C3=C(CC(C)(C)CC3=O)Nc3nc(SCc4ccccc4Cl)[nH]c(=O)c32)cc1. The van der Waals surface area contributed by atoms with Gasteiger partial charge in [-0.05, 0) is 48.1 Å². The van der Waals surface area contributed by atoms with E-state index in [2.05, 4.69) is 24.1 Å². The fourth-order valence-electron chi connectivity index (χ4n) is 4.98. The Hall–Kier alpha value is -3.03. The largest absolute Gasteiger partial charge is 0.494 e. The molecule has 2 aliphatic rings. The van der Waals surface area contributed by atoms with E-state index in [4.69, 9.17) is 21.3 Å². The average Bonchev–Trinajstić information content (AvgIpc) is 2.82. The number of ketones is 1. The topological polar surface area (TPSA) is 84.1 Å². The zero-order valence-electron chi connectivity index (χ0n) is 20.5. The molecule has 1 atom stereocenters. The minimum Gasteiger partial charge on any atom is -0.494 e. The molecule has 0 saturated heterocycles. The summed E-state index contributed by atoms with van der Waals surface area (Å²) < 4.78 is 5.60. The first kappa shape index (κ1) is 24.7. The molecule has 2 heterocycles. The van der Waals surface area contributed by atoms with Crippen LogP contribution in [0.15, 0.2) is 69.8 Å². The van der Waals surface area contributed by atoms with Crippen LogP contribution in [-0.4, -0.2) is 22.4 Å². The molecule has 0 radical (unpaired) electrons. The number of aromatic amines is 1. The first-order valence-corrected chi connectivity index (χ1v) is 13.4. The maximum absolute atomic E-state index is 13.5. The molecule has 5 rings (SSSR count). The summed E-state index contributed by atoms with van der Waals surface area (Å²) in [6.45, 7) is 6.68. The highest BCUT2D eigenvalue weighted by atomic mass is 35.5. The number of aromatic nitrogens is 2. The van der Waals surface area contributed by atoms with Crippen LogP contribution in [0.2, 0.25) is 5.02 Å². The standard InChI is InChI=1S/C28H28ClN3O3S/c1-4-35-18-11-9-16(10-12-18)22-23-20(13-28(2,3)14-21(23)33)30-25-24(22)26(34)32-27(31-25)36-15-17-7-5-6-8-19(17)29/h5-12,22H,4,13-15H2,1-3H3,(H2,30,31,32,34). The smallest absolute Gasteiger partial charge is 0.257 e. The number of H-pyrrole nitrogens is 1. The second kappa shape index (κ2) is 9.79. The van der Waals surface area contributed by atoms with Crippen molar-refractivity contribution in [1.29, 1.82) is 0 Å². The van der Waals surface area contributed by atoms with Gasteiger partial charge in [-0.2, -0.15) is 0 Å². The quantitative estimate of drug-likeness (QED) is 0.292. The molecule has 2 N–H and O–H groups in total. The summed E-state index contributed by atoms with van der Waals surface area (Å²) in [4.78, 5) is 34.6. The van der Waals surface area contributed by atoms with Crippen molar-refractivity contribution in [3.63, 3.8) is 0 Å². The van der Waals surface area contributed by atoms with Gasteiger partial charge in [-0.1, -0.05) is 67.5 Å². The molecular weight excluding hydrogens is 494 g/mol. The van der Waals surface area contributed by atoms with Crippen molar-refractivity contribution in [2.75, 3.05) is 11.9 Å². The molecule has 36 heavy (non-hydrogen) atoms.